The molecule has 2 heterocycles. The van der Waals surface area contributed by atoms with Gasteiger partial charge in [-0.25, -0.2) is 9.37 Å². The van der Waals surface area contributed by atoms with Crippen LogP contribution < -0.4 is 10.2 Å². The highest BCUT2D eigenvalue weighted by Gasteiger charge is 2.36. The van der Waals surface area contributed by atoms with Gasteiger partial charge in [-0.3, -0.25) is 14.4 Å². The number of halogens is 1. The van der Waals surface area contributed by atoms with E-state index in [2.05, 4.69) is 15.2 Å². The monoisotopic (exact) mass is 430 g/mol. The third kappa shape index (κ3) is 4.21. The van der Waals surface area contributed by atoms with E-state index < -0.39 is 5.92 Å². The summed E-state index contributed by atoms with van der Waals surface area (Å²) in [5, 5.41) is 3.11. The number of anilines is 2. The molecule has 1 aliphatic carbocycles. The molecule has 2 aliphatic rings. The molecule has 1 aliphatic heterocycles. The minimum Gasteiger partial charge on any atom is -0.368 e. The van der Waals surface area contributed by atoms with Crippen LogP contribution in [0.3, 0.4) is 0 Å². The van der Waals surface area contributed by atoms with Gasteiger partial charge in [0.1, 0.15) is 5.82 Å². The van der Waals surface area contributed by atoms with Crippen LogP contribution in [0.4, 0.5) is 15.2 Å². The fourth-order valence-corrected chi connectivity index (χ4v) is 4.82. The second kappa shape index (κ2) is 8.51. The number of carbonyl (C=O) groups excluding carboxylic acids is 3. The standard InChI is InChI=1S/C21H23FN4O3S/c1-2-18(28)24-21-23-16-11-13(12-17(27)19(16)30-21)20(29)26-9-7-25(8-10-26)15-5-3-14(22)4-6-15/h3-6,13H,2,7-12H2,1H3,(H,23,24,28). The number of fused-ring (bicyclic) bond motifs is 1. The molecule has 7 nitrogen and oxygen atoms in total. The van der Waals surface area contributed by atoms with Gasteiger partial charge in [-0.1, -0.05) is 18.3 Å². The first-order valence-corrected chi connectivity index (χ1v) is 10.9. The number of hydrogen-bond donors (Lipinski definition) is 1. The minimum absolute atomic E-state index is 0.0279. The van der Waals surface area contributed by atoms with Crippen molar-refractivity contribution in [1.29, 1.82) is 0 Å². The summed E-state index contributed by atoms with van der Waals surface area (Å²) in [6, 6.07) is 6.35. The largest absolute Gasteiger partial charge is 0.368 e. The van der Waals surface area contributed by atoms with Crippen molar-refractivity contribution in [1.82, 2.24) is 9.88 Å². The van der Waals surface area contributed by atoms with Gasteiger partial charge in [0.15, 0.2) is 10.9 Å². The molecule has 1 saturated heterocycles. The SMILES string of the molecule is CCC(=O)Nc1nc2c(s1)C(=O)CC(C(=O)N1CCN(c3ccc(F)cc3)CC1)C2. The average Bonchev–Trinajstić information content (AvgIpc) is 3.16. The lowest BCUT2D eigenvalue weighted by Crippen LogP contribution is -2.51. The predicted molar refractivity (Wildman–Crippen MR) is 112 cm³/mol. The summed E-state index contributed by atoms with van der Waals surface area (Å²) < 4.78 is 13.1. The van der Waals surface area contributed by atoms with Crippen LogP contribution in [0, 0.1) is 11.7 Å². The number of Topliss-reactive ketones (excluding diaryl/α,β-unsaturated/α-hetero) is 1. The number of nitrogens with one attached hydrogen (secondary N) is 1. The number of nitrogens with zero attached hydrogens (tertiary/aromatic N) is 3. The van der Waals surface area contributed by atoms with Crippen LogP contribution in [-0.2, 0) is 16.0 Å². The van der Waals surface area contributed by atoms with Crippen LogP contribution in [-0.4, -0.2) is 53.7 Å². The normalized spacial score (nSPS) is 18.9. The van der Waals surface area contributed by atoms with E-state index in [1.54, 1.807) is 24.0 Å². The summed E-state index contributed by atoms with van der Waals surface area (Å²) in [7, 11) is 0. The Labute approximate surface area is 177 Å². The number of rotatable bonds is 4. The van der Waals surface area contributed by atoms with Crippen molar-refractivity contribution in [2.75, 3.05) is 36.4 Å². The number of ketones is 1. The highest BCUT2D eigenvalue weighted by Crippen LogP contribution is 2.33. The van der Waals surface area contributed by atoms with Crippen molar-refractivity contribution >= 4 is 39.8 Å². The second-order valence-corrected chi connectivity index (χ2v) is 8.51. The molecule has 1 N–H and O–H groups in total. The molecule has 4 rings (SSSR count). The predicted octanol–water partition coefficient (Wildman–Crippen LogP) is 2.72. The summed E-state index contributed by atoms with van der Waals surface area (Å²) in [4.78, 5) is 46.0. The molecule has 2 amide bonds. The van der Waals surface area contributed by atoms with Crippen molar-refractivity contribution in [2.45, 2.75) is 26.2 Å². The molecule has 30 heavy (non-hydrogen) atoms. The van der Waals surface area contributed by atoms with Crippen molar-refractivity contribution in [3.8, 4) is 0 Å². The molecular formula is C21H23FN4O3S. The molecular weight excluding hydrogens is 407 g/mol. The summed E-state index contributed by atoms with van der Waals surface area (Å²) >= 11 is 1.18. The Kier molecular flexibility index (Phi) is 5.80. The fourth-order valence-electron chi connectivity index (χ4n) is 3.86. The molecule has 1 aromatic carbocycles. The molecule has 1 atom stereocenters. The van der Waals surface area contributed by atoms with Gasteiger partial charge in [0.05, 0.1) is 16.5 Å². The number of hydrogen-bond acceptors (Lipinski definition) is 6. The summed E-state index contributed by atoms with van der Waals surface area (Å²) in [5.74, 6) is -0.957. The number of aromatic nitrogens is 1. The van der Waals surface area contributed by atoms with Gasteiger partial charge >= 0.3 is 0 Å². The summed E-state index contributed by atoms with van der Waals surface area (Å²) in [5.41, 5.74) is 1.54. The Hall–Kier alpha value is -2.81. The van der Waals surface area contributed by atoms with Crippen LogP contribution in [0.15, 0.2) is 24.3 Å². The van der Waals surface area contributed by atoms with Gasteiger partial charge in [0, 0.05) is 51.1 Å². The Morgan fingerprint density at radius 3 is 2.53 bits per heavy atom. The van der Waals surface area contributed by atoms with Gasteiger partial charge < -0.3 is 15.1 Å². The van der Waals surface area contributed by atoms with Crippen LogP contribution in [0.1, 0.15) is 35.1 Å². The zero-order valence-electron chi connectivity index (χ0n) is 16.7. The molecule has 0 saturated carbocycles. The van der Waals surface area contributed by atoms with Crippen LogP contribution in [0.25, 0.3) is 0 Å². The van der Waals surface area contributed by atoms with Gasteiger partial charge in [0.2, 0.25) is 11.8 Å². The molecule has 0 bridgehead atoms. The quantitative estimate of drug-likeness (QED) is 0.807. The number of piperazine rings is 1. The Bertz CT molecular complexity index is 967. The van der Waals surface area contributed by atoms with Gasteiger partial charge in [-0.15, -0.1) is 0 Å². The van der Waals surface area contributed by atoms with E-state index in [9.17, 15) is 18.8 Å². The first kappa shape index (κ1) is 20.5. The van der Waals surface area contributed by atoms with E-state index >= 15 is 0 Å². The fraction of sp³-hybridized carbons (Fsp3) is 0.429. The first-order chi connectivity index (χ1) is 14.4. The smallest absolute Gasteiger partial charge is 0.226 e. The van der Waals surface area contributed by atoms with Crippen molar-refractivity contribution in [3.05, 3.63) is 40.7 Å². The molecule has 0 spiro atoms. The van der Waals surface area contributed by atoms with E-state index in [-0.39, 0.29) is 29.8 Å². The molecule has 1 unspecified atom stereocenters. The van der Waals surface area contributed by atoms with Crippen LogP contribution in [0.2, 0.25) is 0 Å². The van der Waals surface area contributed by atoms with E-state index in [4.69, 9.17) is 0 Å². The lowest BCUT2D eigenvalue weighted by Gasteiger charge is -2.38. The highest BCUT2D eigenvalue weighted by molar-refractivity contribution is 7.17. The molecule has 1 aromatic heterocycles. The number of thiazole rings is 1. The van der Waals surface area contributed by atoms with Gasteiger partial charge in [0.25, 0.3) is 0 Å². The van der Waals surface area contributed by atoms with Gasteiger partial charge in [-0.05, 0) is 24.3 Å². The maximum Gasteiger partial charge on any atom is 0.226 e. The van der Waals surface area contributed by atoms with E-state index in [1.165, 1.54) is 23.5 Å². The topological polar surface area (TPSA) is 82.6 Å². The number of benzene rings is 1. The third-order valence-electron chi connectivity index (χ3n) is 5.52. The summed E-state index contributed by atoms with van der Waals surface area (Å²) in [6.07, 6.45) is 0.924. The second-order valence-electron chi connectivity index (χ2n) is 7.51. The van der Waals surface area contributed by atoms with E-state index in [1.807, 2.05) is 0 Å². The zero-order valence-corrected chi connectivity index (χ0v) is 17.5. The number of amides is 2. The molecule has 9 heteroatoms. The van der Waals surface area contributed by atoms with Crippen LogP contribution in [0.5, 0.6) is 0 Å². The first-order valence-electron chi connectivity index (χ1n) is 10.1. The van der Waals surface area contributed by atoms with Crippen molar-refractivity contribution in [2.24, 2.45) is 5.92 Å². The molecule has 0 radical (unpaired) electrons. The maximum atomic E-state index is 13.1. The Morgan fingerprint density at radius 1 is 1.17 bits per heavy atom. The maximum absolute atomic E-state index is 13.1. The average molecular weight is 431 g/mol. The lowest BCUT2D eigenvalue weighted by atomic mass is 9.88. The third-order valence-corrected chi connectivity index (χ3v) is 6.58. The van der Waals surface area contributed by atoms with Crippen molar-refractivity contribution < 1.29 is 18.8 Å². The van der Waals surface area contributed by atoms with Crippen molar-refractivity contribution in [3.63, 3.8) is 0 Å². The van der Waals surface area contributed by atoms with Crippen LogP contribution >= 0.6 is 11.3 Å². The number of carbonyl (C=O) groups is 3. The zero-order chi connectivity index (χ0) is 21.3. The lowest BCUT2D eigenvalue weighted by molar-refractivity contribution is -0.135. The minimum atomic E-state index is -0.417. The Balaban J connectivity index is 1.38. The molecule has 1 fully saturated rings. The molecule has 158 valence electrons. The van der Waals surface area contributed by atoms with E-state index in [0.29, 0.717) is 54.7 Å². The van der Waals surface area contributed by atoms with E-state index in [0.717, 1.165) is 5.69 Å². The molecule has 2 aromatic rings. The Morgan fingerprint density at radius 2 is 1.87 bits per heavy atom. The summed E-state index contributed by atoms with van der Waals surface area (Å²) in [6.45, 7) is 4.18. The highest BCUT2D eigenvalue weighted by atomic mass is 32.1. The van der Waals surface area contributed by atoms with Gasteiger partial charge in [-0.2, -0.15) is 0 Å².